The number of nitrogens with zero attached hydrogens (tertiary/aromatic N) is 5. The van der Waals surface area contributed by atoms with Crippen molar-refractivity contribution in [1.82, 2.24) is 25.2 Å². The molecule has 0 amide bonds. The van der Waals surface area contributed by atoms with Gasteiger partial charge >= 0.3 is 0 Å². The van der Waals surface area contributed by atoms with E-state index in [1.54, 1.807) is 6.20 Å². The van der Waals surface area contributed by atoms with Crippen LogP contribution in [0.4, 0.5) is 0 Å². The van der Waals surface area contributed by atoms with Crippen molar-refractivity contribution < 1.29 is 0 Å². The van der Waals surface area contributed by atoms with Crippen LogP contribution in [-0.2, 0) is 5.33 Å². The number of hydrogen-bond acceptors (Lipinski definition) is 4. The summed E-state index contributed by atoms with van der Waals surface area (Å²) in [6.45, 7) is 0. The maximum Gasteiger partial charge on any atom is 0.205 e. The molecule has 0 unspecified atom stereocenters. The van der Waals surface area contributed by atoms with E-state index in [9.17, 15) is 0 Å². The Bertz CT molecular complexity index is 680. The summed E-state index contributed by atoms with van der Waals surface area (Å²) in [6.07, 6.45) is 1.72. The largest absolute Gasteiger partial charge is 0.235 e. The highest BCUT2D eigenvalue weighted by atomic mass is 79.9. The van der Waals surface area contributed by atoms with Gasteiger partial charge in [-0.05, 0) is 11.3 Å². The van der Waals surface area contributed by atoms with Crippen molar-refractivity contribution in [2.45, 2.75) is 5.33 Å². The number of tetrazole rings is 1. The van der Waals surface area contributed by atoms with Gasteiger partial charge in [0.05, 0.1) is 0 Å². The van der Waals surface area contributed by atoms with Gasteiger partial charge in [-0.3, -0.25) is 0 Å². The molecule has 0 aliphatic heterocycles. The SMILES string of the molecule is BrCc1cccnc1-n1nnc(-c2ccccc2)n1. The van der Waals surface area contributed by atoms with E-state index in [4.69, 9.17) is 0 Å². The van der Waals surface area contributed by atoms with E-state index in [0.717, 1.165) is 11.1 Å². The van der Waals surface area contributed by atoms with Crippen LogP contribution < -0.4 is 0 Å². The second-order valence-electron chi connectivity index (χ2n) is 3.89. The molecule has 2 aromatic heterocycles. The lowest BCUT2D eigenvalue weighted by Gasteiger charge is -2.02. The molecule has 0 radical (unpaired) electrons. The van der Waals surface area contributed by atoms with E-state index in [0.29, 0.717) is 17.0 Å². The average Bonchev–Trinajstić information content (AvgIpc) is 2.98. The summed E-state index contributed by atoms with van der Waals surface area (Å²) in [5.74, 6) is 1.28. The number of aromatic nitrogens is 5. The summed E-state index contributed by atoms with van der Waals surface area (Å²) in [5.41, 5.74) is 1.95. The fourth-order valence-electron chi connectivity index (χ4n) is 1.72. The van der Waals surface area contributed by atoms with Crippen molar-refractivity contribution in [2.24, 2.45) is 0 Å². The molecule has 0 saturated carbocycles. The van der Waals surface area contributed by atoms with E-state index < -0.39 is 0 Å². The fourth-order valence-corrected chi connectivity index (χ4v) is 2.16. The van der Waals surface area contributed by atoms with Gasteiger partial charge in [0, 0.05) is 22.7 Å². The first-order valence-electron chi connectivity index (χ1n) is 5.74. The van der Waals surface area contributed by atoms with Gasteiger partial charge < -0.3 is 0 Å². The molecule has 0 N–H and O–H groups in total. The third-order valence-electron chi connectivity index (χ3n) is 2.65. The molecular formula is C13H10BrN5. The van der Waals surface area contributed by atoms with Crippen LogP contribution in [0.1, 0.15) is 5.56 Å². The zero-order valence-electron chi connectivity index (χ0n) is 9.94. The second kappa shape index (κ2) is 5.27. The summed E-state index contributed by atoms with van der Waals surface area (Å²) in [5, 5.41) is 13.2. The molecule has 3 rings (SSSR count). The lowest BCUT2D eigenvalue weighted by atomic mass is 10.2. The lowest BCUT2D eigenvalue weighted by Crippen LogP contribution is -2.05. The van der Waals surface area contributed by atoms with Gasteiger partial charge in [0.2, 0.25) is 5.82 Å². The predicted molar refractivity (Wildman–Crippen MR) is 75.0 cm³/mol. The molecule has 5 nitrogen and oxygen atoms in total. The summed E-state index contributed by atoms with van der Waals surface area (Å²) in [7, 11) is 0. The Hall–Kier alpha value is -2.08. The Kier molecular flexibility index (Phi) is 3.33. The Labute approximate surface area is 118 Å². The van der Waals surface area contributed by atoms with Gasteiger partial charge in [-0.2, -0.15) is 0 Å². The Morgan fingerprint density at radius 3 is 2.68 bits per heavy atom. The summed E-state index contributed by atoms with van der Waals surface area (Å²) in [4.78, 5) is 5.75. The molecule has 0 spiro atoms. The van der Waals surface area contributed by atoms with Gasteiger partial charge in [-0.1, -0.05) is 52.3 Å². The van der Waals surface area contributed by atoms with Crippen LogP contribution in [0.15, 0.2) is 48.7 Å². The quantitative estimate of drug-likeness (QED) is 0.697. The maximum atomic E-state index is 4.37. The van der Waals surface area contributed by atoms with Gasteiger partial charge in [0.15, 0.2) is 5.82 Å². The first-order valence-corrected chi connectivity index (χ1v) is 6.86. The smallest absolute Gasteiger partial charge is 0.205 e. The lowest BCUT2D eigenvalue weighted by molar-refractivity contribution is 0.695. The van der Waals surface area contributed by atoms with Crippen molar-refractivity contribution in [2.75, 3.05) is 0 Å². The van der Waals surface area contributed by atoms with Gasteiger partial charge in [-0.25, -0.2) is 4.98 Å². The van der Waals surface area contributed by atoms with Crippen LogP contribution in [0.25, 0.3) is 17.2 Å². The summed E-state index contributed by atoms with van der Waals surface area (Å²) < 4.78 is 0. The van der Waals surface area contributed by atoms with Crippen molar-refractivity contribution in [3.63, 3.8) is 0 Å². The van der Waals surface area contributed by atoms with E-state index >= 15 is 0 Å². The second-order valence-corrected chi connectivity index (χ2v) is 4.45. The van der Waals surface area contributed by atoms with Crippen LogP contribution in [0.5, 0.6) is 0 Å². The Morgan fingerprint density at radius 1 is 1.05 bits per heavy atom. The van der Waals surface area contributed by atoms with Crippen LogP contribution in [-0.4, -0.2) is 25.2 Å². The highest BCUT2D eigenvalue weighted by Gasteiger charge is 2.10. The third-order valence-corrected chi connectivity index (χ3v) is 3.25. The Balaban J connectivity index is 2.02. The molecule has 2 heterocycles. The fraction of sp³-hybridized carbons (Fsp3) is 0.0769. The van der Waals surface area contributed by atoms with E-state index in [2.05, 4.69) is 36.3 Å². The van der Waals surface area contributed by atoms with Crippen LogP contribution in [0.2, 0.25) is 0 Å². The van der Waals surface area contributed by atoms with Crippen molar-refractivity contribution in [3.05, 3.63) is 54.2 Å². The van der Waals surface area contributed by atoms with Crippen molar-refractivity contribution in [1.29, 1.82) is 0 Å². The normalized spacial score (nSPS) is 10.6. The zero-order chi connectivity index (χ0) is 13.1. The summed E-state index contributed by atoms with van der Waals surface area (Å²) >= 11 is 3.43. The molecule has 0 aliphatic rings. The van der Waals surface area contributed by atoms with E-state index in [1.807, 2.05) is 42.5 Å². The minimum atomic E-state index is 0.590. The standard InChI is InChI=1S/C13H10BrN5/c14-9-11-7-4-8-15-13(11)19-17-12(16-18-19)10-5-2-1-3-6-10/h1-8H,9H2. The number of hydrogen-bond donors (Lipinski definition) is 0. The molecule has 3 aromatic rings. The first kappa shape index (κ1) is 12.0. The van der Waals surface area contributed by atoms with E-state index in [-0.39, 0.29) is 0 Å². The highest BCUT2D eigenvalue weighted by Crippen LogP contribution is 2.16. The predicted octanol–water partition coefficient (Wildman–Crippen LogP) is 2.62. The summed E-state index contributed by atoms with van der Waals surface area (Å²) in [6, 6.07) is 13.6. The highest BCUT2D eigenvalue weighted by molar-refractivity contribution is 9.08. The number of rotatable bonds is 3. The molecule has 6 heteroatoms. The molecule has 0 atom stereocenters. The molecule has 0 aliphatic carbocycles. The molecule has 19 heavy (non-hydrogen) atoms. The van der Waals surface area contributed by atoms with E-state index in [1.165, 1.54) is 4.80 Å². The monoisotopic (exact) mass is 315 g/mol. The first-order chi connectivity index (χ1) is 9.38. The van der Waals surface area contributed by atoms with Crippen LogP contribution in [0, 0.1) is 0 Å². The van der Waals surface area contributed by atoms with Crippen molar-refractivity contribution in [3.8, 4) is 17.2 Å². The van der Waals surface area contributed by atoms with Crippen molar-refractivity contribution >= 4 is 15.9 Å². The minimum absolute atomic E-state index is 0.590. The van der Waals surface area contributed by atoms with Gasteiger partial charge in [-0.15, -0.1) is 15.0 Å². The molecular weight excluding hydrogens is 306 g/mol. The molecule has 0 fully saturated rings. The van der Waals surface area contributed by atoms with Gasteiger partial charge in [0.1, 0.15) is 0 Å². The number of benzene rings is 1. The topological polar surface area (TPSA) is 56.5 Å². The van der Waals surface area contributed by atoms with Gasteiger partial charge in [0.25, 0.3) is 0 Å². The third kappa shape index (κ3) is 2.39. The molecule has 94 valence electrons. The van der Waals surface area contributed by atoms with Crippen LogP contribution in [0.3, 0.4) is 0 Å². The molecule has 0 bridgehead atoms. The number of halogens is 1. The minimum Gasteiger partial charge on any atom is -0.235 e. The maximum absolute atomic E-state index is 4.37. The average molecular weight is 316 g/mol. The number of pyridine rings is 1. The zero-order valence-corrected chi connectivity index (χ0v) is 11.5. The molecule has 1 aromatic carbocycles. The Morgan fingerprint density at radius 2 is 1.89 bits per heavy atom. The molecule has 0 saturated heterocycles. The van der Waals surface area contributed by atoms with Crippen LogP contribution >= 0.6 is 15.9 Å². The number of alkyl halides is 1.